The van der Waals surface area contributed by atoms with Gasteiger partial charge in [-0.1, -0.05) is 50.6 Å². The summed E-state index contributed by atoms with van der Waals surface area (Å²) >= 11 is 0. The second kappa shape index (κ2) is 7.08. The maximum absolute atomic E-state index is 12.6. The lowest BCUT2D eigenvalue weighted by atomic mass is 9.93. The minimum absolute atomic E-state index is 0.132. The van der Waals surface area contributed by atoms with Gasteiger partial charge in [-0.05, 0) is 37.2 Å². The molecule has 1 aliphatic rings. The molecule has 3 nitrogen and oxygen atoms in total. The molecule has 0 aromatic heterocycles. The summed E-state index contributed by atoms with van der Waals surface area (Å²) in [6.45, 7) is 7.16. The van der Waals surface area contributed by atoms with Gasteiger partial charge in [-0.3, -0.25) is 4.79 Å². The van der Waals surface area contributed by atoms with Crippen molar-refractivity contribution in [1.82, 2.24) is 4.90 Å². The topological polar surface area (TPSA) is 46.3 Å². The Morgan fingerprint density at radius 2 is 2.05 bits per heavy atom. The van der Waals surface area contributed by atoms with Gasteiger partial charge in [0.05, 0.1) is 6.04 Å². The van der Waals surface area contributed by atoms with E-state index in [1.807, 2.05) is 11.0 Å². The number of nitrogens with two attached hydrogens (primary N) is 1. The number of benzene rings is 1. The van der Waals surface area contributed by atoms with E-state index in [0.29, 0.717) is 5.92 Å². The van der Waals surface area contributed by atoms with Crippen LogP contribution in [0.15, 0.2) is 30.3 Å². The van der Waals surface area contributed by atoms with E-state index in [9.17, 15) is 4.79 Å². The molecule has 0 radical (unpaired) electrons. The quantitative estimate of drug-likeness (QED) is 0.905. The van der Waals surface area contributed by atoms with Crippen LogP contribution >= 0.6 is 0 Å². The average molecular weight is 288 g/mol. The standard InChI is InChI=1S/C18H28N2O/c1-4-13(2)17(19)18(21)20-11-10-16(14(20)3)12-15-8-6-5-7-9-15/h5-9,13-14,16-17H,4,10-12,19H2,1-3H3. The molecule has 2 N–H and O–H groups in total. The summed E-state index contributed by atoms with van der Waals surface area (Å²) in [5.74, 6) is 0.922. The Bertz CT molecular complexity index is 460. The molecule has 116 valence electrons. The van der Waals surface area contributed by atoms with Crippen LogP contribution in [0, 0.1) is 11.8 Å². The van der Waals surface area contributed by atoms with Crippen molar-refractivity contribution >= 4 is 5.91 Å². The van der Waals surface area contributed by atoms with Crippen LogP contribution in [0.5, 0.6) is 0 Å². The van der Waals surface area contributed by atoms with Crippen LogP contribution in [0.3, 0.4) is 0 Å². The highest BCUT2D eigenvalue weighted by Crippen LogP contribution is 2.28. The fraction of sp³-hybridized carbons (Fsp3) is 0.611. The van der Waals surface area contributed by atoms with Crippen molar-refractivity contribution in [3.8, 4) is 0 Å². The summed E-state index contributed by atoms with van der Waals surface area (Å²) in [6, 6.07) is 10.5. The maximum atomic E-state index is 12.6. The minimum atomic E-state index is -0.354. The zero-order valence-electron chi connectivity index (χ0n) is 13.5. The van der Waals surface area contributed by atoms with Crippen LogP contribution in [0.25, 0.3) is 0 Å². The number of hydrogen-bond acceptors (Lipinski definition) is 2. The second-order valence-corrected chi connectivity index (χ2v) is 6.42. The third-order valence-corrected chi connectivity index (χ3v) is 5.08. The maximum Gasteiger partial charge on any atom is 0.240 e. The molecule has 0 saturated carbocycles. The first-order valence-corrected chi connectivity index (χ1v) is 8.14. The number of rotatable bonds is 5. The van der Waals surface area contributed by atoms with E-state index < -0.39 is 0 Å². The Morgan fingerprint density at radius 3 is 2.67 bits per heavy atom. The fourth-order valence-electron chi connectivity index (χ4n) is 3.19. The van der Waals surface area contributed by atoms with Crippen LogP contribution in [0.2, 0.25) is 0 Å². The van der Waals surface area contributed by atoms with Gasteiger partial charge in [0.15, 0.2) is 0 Å². The molecule has 3 heteroatoms. The lowest BCUT2D eigenvalue weighted by Crippen LogP contribution is -2.49. The number of hydrogen-bond donors (Lipinski definition) is 1. The van der Waals surface area contributed by atoms with E-state index >= 15 is 0 Å². The summed E-state index contributed by atoms with van der Waals surface area (Å²) in [6.07, 6.45) is 3.07. The zero-order valence-corrected chi connectivity index (χ0v) is 13.5. The molecular formula is C18H28N2O. The number of nitrogens with zero attached hydrogens (tertiary/aromatic N) is 1. The highest BCUT2D eigenvalue weighted by Gasteiger charge is 2.36. The SMILES string of the molecule is CCC(C)C(N)C(=O)N1CCC(Cc2ccccc2)C1C. The summed E-state index contributed by atoms with van der Waals surface area (Å²) in [5, 5.41) is 0. The van der Waals surface area contributed by atoms with Crippen LogP contribution in [0.4, 0.5) is 0 Å². The summed E-state index contributed by atoms with van der Waals surface area (Å²) < 4.78 is 0. The number of carbonyl (C=O) groups is 1. The van der Waals surface area contributed by atoms with Gasteiger partial charge in [0.25, 0.3) is 0 Å². The Hall–Kier alpha value is -1.35. The Morgan fingerprint density at radius 1 is 1.38 bits per heavy atom. The van der Waals surface area contributed by atoms with E-state index in [4.69, 9.17) is 5.73 Å². The minimum Gasteiger partial charge on any atom is -0.338 e. The van der Waals surface area contributed by atoms with Crippen molar-refractivity contribution in [3.63, 3.8) is 0 Å². The second-order valence-electron chi connectivity index (χ2n) is 6.42. The normalized spacial score (nSPS) is 24.9. The molecule has 21 heavy (non-hydrogen) atoms. The largest absolute Gasteiger partial charge is 0.338 e. The number of likely N-dealkylation sites (tertiary alicyclic amines) is 1. The van der Waals surface area contributed by atoms with Gasteiger partial charge in [0.2, 0.25) is 5.91 Å². The van der Waals surface area contributed by atoms with Gasteiger partial charge in [-0.15, -0.1) is 0 Å². The molecule has 0 aliphatic carbocycles. The van der Waals surface area contributed by atoms with Crippen molar-refractivity contribution in [2.75, 3.05) is 6.54 Å². The molecule has 1 fully saturated rings. The first-order chi connectivity index (χ1) is 10.0. The Balaban J connectivity index is 1.98. The van der Waals surface area contributed by atoms with Gasteiger partial charge in [-0.25, -0.2) is 0 Å². The van der Waals surface area contributed by atoms with Crippen molar-refractivity contribution < 1.29 is 4.79 Å². The predicted molar refractivity (Wildman–Crippen MR) is 86.9 cm³/mol. The molecule has 0 bridgehead atoms. The molecule has 4 atom stereocenters. The number of carbonyl (C=O) groups excluding carboxylic acids is 1. The highest BCUT2D eigenvalue weighted by molar-refractivity contribution is 5.82. The average Bonchev–Trinajstić information content (AvgIpc) is 2.87. The van der Waals surface area contributed by atoms with Gasteiger partial charge in [0, 0.05) is 12.6 Å². The highest BCUT2D eigenvalue weighted by atomic mass is 16.2. The van der Waals surface area contributed by atoms with E-state index in [1.54, 1.807) is 0 Å². The first kappa shape index (κ1) is 16.0. The molecular weight excluding hydrogens is 260 g/mol. The van der Waals surface area contributed by atoms with Crippen molar-refractivity contribution in [2.24, 2.45) is 17.6 Å². The summed E-state index contributed by atoms with van der Waals surface area (Å²) in [7, 11) is 0. The molecule has 0 spiro atoms. The van der Waals surface area contributed by atoms with Crippen molar-refractivity contribution in [2.45, 2.75) is 52.1 Å². The molecule has 1 saturated heterocycles. The van der Waals surface area contributed by atoms with Gasteiger partial charge in [0.1, 0.15) is 0 Å². The molecule has 1 heterocycles. The van der Waals surface area contributed by atoms with Crippen LogP contribution in [-0.2, 0) is 11.2 Å². The predicted octanol–water partition coefficient (Wildman–Crippen LogP) is 2.84. The smallest absolute Gasteiger partial charge is 0.240 e. The lowest BCUT2D eigenvalue weighted by Gasteiger charge is -2.29. The van der Waals surface area contributed by atoms with Gasteiger partial charge in [-0.2, -0.15) is 0 Å². The first-order valence-electron chi connectivity index (χ1n) is 8.14. The summed E-state index contributed by atoms with van der Waals surface area (Å²) in [5.41, 5.74) is 7.48. The molecule has 1 aromatic carbocycles. The van der Waals surface area contributed by atoms with Crippen LogP contribution < -0.4 is 5.73 Å². The zero-order chi connectivity index (χ0) is 15.4. The van der Waals surface area contributed by atoms with E-state index in [1.165, 1.54) is 5.56 Å². The molecule has 1 aromatic rings. The van der Waals surface area contributed by atoms with Crippen LogP contribution in [0.1, 0.15) is 39.2 Å². The molecule has 2 rings (SSSR count). The third kappa shape index (κ3) is 3.65. The third-order valence-electron chi connectivity index (χ3n) is 5.08. The van der Waals surface area contributed by atoms with Gasteiger partial charge >= 0.3 is 0 Å². The van der Waals surface area contributed by atoms with Gasteiger partial charge < -0.3 is 10.6 Å². The Kier molecular flexibility index (Phi) is 5.40. The Labute approximate surface area is 128 Å². The van der Waals surface area contributed by atoms with Crippen LogP contribution in [-0.4, -0.2) is 29.4 Å². The van der Waals surface area contributed by atoms with E-state index in [0.717, 1.165) is 25.8 Å². The molecule has 4 unspecified atom stereocenters. The lowest BCUT2D eigenvalue weighted by molar-refractivity contribution is -0.134. The molecule has 1 amide bonds. The monoisotopic (exact) mass is 288 g/mol. The fourth-order valence-corrected chi connectivity index (χ4v) is 3.19. The number of amides is 1. The van der Waals surface area contributed by atoms with E-state index in [2.05, 4.69) is 45.0 Å². The summed E-state index contributed by atoms with van der Waals surface area (Å²) in [4.78, 5) is 14.6. The van der Waals surface area contributed by atoms with Crippen molar-refractivity contribution in [3.05, 3.63) is 35.9 Å². The molecule has 1 aliphatic heterocycles. The van der Waals surface area contributed by atoms with Crippen molar-refractivity contribution in [1.29, 1.82) is 0 Å². The van der Waals surface area contributed by atoms with E-state index in [-0.39, 0.29) is 23.9 Å².